The van der Waals surface area contributed by atoms with Gasteiger partial charge < -0.3 is 5.32 Å². The molecule has 0 saturated heterocycles. The Morgan fingerprint density at radius 1 is 1.47 bits per heavy atom. The highest BCUT2D eigenvalue weighted by molar-refractivity contribution is 7.99. The molecular formula is C14H16FN3S. The van der Waals surface area contributed by atoms with E-state index in [4.69, 9.17) is 0 Å². The minimum absolute atomic E-state index is 0.102. The lowest BCUT2D eigenvalue weighted by atomic mass is 10.0. The summed E-state index contributed by atoms with van der Waals surface area (Å²) in [7, 11) is 1.93. The van der Waals surface area contributed by atoms with E-state index < -0.39 is 0 Å². The quantitative estimate of drug-likeness (QED) is 0.935. The molecule has 1 aromatic heterocycles. The molecule has 2 aromatic rings. The number of aromatic nitrogens is 2. The van der Waals surface area contributed by atoms with Crippen LogP contribution in [0.5, 0.6) is 0 Å². The van der Waals surface area contributed by atoms with Crippen LogP contribution in [0.15, 0.2) is 35.4 Å². The van der Waals surface area contributed by atoms with Crippen LogP contribution in [-0.2, 0) is 13.6 Å². The molecule has 1 atom stereocenters. The Bertz CT molecular complexity index is 582. The van der Waals surface area contributed by atoms with Crippen molar-refractivity contribution < 1.29 is 4.39 Å². The Labute approximate surface area is 116 Å². The number of thioether (sulfide) groups is 1. The van der Waals surface area contributed by atoms with E-state index in [9.17, 15) is 4.39 Å². The lowest BCUT2D eigenvalue weighted by molar-refractivity contribution is 0.484. The Kier molecular flexibility index (Phi) is 3.57. The van der Waals surface area contributed by atoms with E-state index in [0.29, 0.717) is 0 Å². The van der Waals surface area contributed by atoms with Gasteiger partial charge in [0.25, 0.3) is 0 Å². The lowest BCUT2D eigenvalue weighted by Gasteiger charge is -2.26. The van der Waals surface area contributed by atoms with Crippen LogP contribution < -0.4 is 5.32 Å². The van der Waals surface area contributed by atoms with Gasteiger partial charge in [-0.2, -0.15) is 5.10 Å². The van der Waals surface area contributed by atoms with Crippen LogP contribution in [0.3, 0.4) is 0 Å². The van der Waals surface area contributed by atoms with Crippen molar-refractivity contribution in [2.24, 2.45) is 7.05 Å². The number of nitrogens with one attached hydrogen (secondary N) is 1. The molecular weight excluding hydrogens is 261 g/mol. The maximum absolute atomic E-state index is 13.8. The molecule has 0 aliphatic carbocycles. The molecule has 19 heavy (non-hydrogen) atoms. The third-order valence-electron chi connectivity index (χ3n) is 3.48. The zero-order chi connectivity index (χ0) is 13.2. The van der Waals surface area contributed by atoms with E-state index >= 15 is 0 Å². The maximum Gasteiger partial charge on any atom is 0.137 e. The maximum atomic E-state index is 13.8. The summed E-state index contributed by atoms with van der Waals surface area (Å²) in [6.07, 6.45) is 2.82. The fraction of sp³-hybridized carbons (Fsp3) is 0.357. The Hall–Kier alpha value is -1.33. The van der Waals surface area contributed by atoms with Gasteiger partial charge in [-0.05, 0) is 29.9 Å². The van der Waals surface area contributed by atoms with Crippen LogP contribution in [0.1, 0.15) is 23.7 Å². The highest BCUT2D eigenvalue weighted by atomic mass is 32.2. The summed E-state index contributed by atoms with van der Waals surface area (Å²) in [4.78, 5) is 0.802. The number of halogens is 1. The second kappa shape index (κ2) is 5.35. The molecule has 0 spiro atoms. The van der Waals surface area contributed by atoms with Crippen molar-refractivity contribution in [2.75, 3.05) is 5.75 Å². The summed E-state index contributed by atoms with van der Waals surface area (Å²) in [5.74, 6) is 0.853. The van der Waals surface area contributed by atoms with Gasteiger partial charge in [0.15, 0.2) is 0 Å². The molecule has 1 N–H and O–H groups in total. The lowest BCUT2D eigenvalue weighted by Crippen LogP contribution is -2.25. The molecule has 1 unspecified atom stereocenters. The highest BCUT2D eigenvalue weighted by Crippen LogP contribution is 2.37. The number of aryl methyl sites for hydroxylation is 1. The highest BCUT2D eigenvalue weighted by Gasteiger charge is 2.22. The summed E-state index contributed by atoms with van der Waals surface area (Å²) in [6.45, 7) is 0.752. The number of benzene rings is 1. The molecule has 3 rings (SSSR count). The third-order valence-corrected chi connectivity index (χ3v) is 4.64. The standard InChI is InChI=1S/C14H16FN3S/c1-18-10(5-7-17-18)9-16-13-6-8-19-14-11(13)3-2-4-12(14)15/h2-5,7,13,16H,6,8-9H2,1H3. The van der Waals surface area contributed by atoms with Crippen molar-refractivity contribution in [1.29, 1.82) is 0 Å². The number of rotatable bonds is 3. The predicted molar refractivity (Wildman–Crippen MR) is 74.5 cm³/mol. The van der Waals surface area contributed by atoms with Gasteiger partial charge in [0.05, 0.1) is 5.69 Å². The average molecular weight is 277 g/mol. The van der Waals surface area contributed by atoms with E-state index in [1.807, 2.05) is 23.9 Å². The number of hydrogen-bond acceptors (Lipinski definition) is 3. The smallest absolute Gasteiger partial charge is 0.137 e. The van der Waals surface area contributed by atoms with Gasteiger partial charge in [-0.15, -0.1) is 11.8 Å². The first-order chi connectivity index (χ1) is 9.25. The van der Waals surface area contributed by atoms with Crippen LogP contribution in [0.4, 0.5) is 4.39 Å². The molecule has 0 bridgehead atoms. The normalized spacial score (nSPS) is 18.3. The van der Waals surface area contributed by atoms with Gasteiger partial charge in [-0.25, -0.2) is 4.39 Å². The molecule has 0 radical (unpaired) electrons. The van der Waals surface area contributed by atoms with Crippen LogP contribution >= 0.6 is 11.8 Å². The second-order valence-electron chi connectivity index (χ2n) is 4.67. The van der Waals surface area contributed by atoms with E-state index in [1.165, 1.54) is 6.07 Å². The van der Waals surface area contributed by atoms with Gasteiger partial charge >= 0.3 is 0 Å². The predicted octanol–water partition coefficient (Wildman–Crippen LogP) is 2.89. The Morgan fingerprint density at radius 2 is 2.37 bits per heavy atom. The Morgan fingerprint density at radius 3 is 3.16 bits per heavy atom. The van der Waals surface area contributed by atoms with Crippen molar-refractivity contribution in [3.05, 3.63) is 47.5 Å². The van der Waals surface area contributed by atoms with Crippen LogP contribution in [0.2, 0.25) is 0 Å². The van der Waals surface area contributed by atoms with Crippen molar-refractivity contribution >= 4 is 11.8 Å². The van der Waals surface area contributed by atoms with Crippen LogP contribution in [0.25, 0.3) is 0 Å². The first-order valence-electron chi connectivity index (χ1n) is 6.37. The monoisotopic (exact) mass is 277 g/mol. The molecule has 0 saturated carbocycles. The summed E-state index contributed by atoms with van der Waals surface area (Å²) in [5, 5.41) is 7.66. The zero-order valence-corrected chi connectivity index (χ0v) is 11.6. The number of hydrogen-bond donors (Lipinski definition) is 1. The number of nitrogens with zero attached hydrogens (tertiary/aromatic N) is 2. The minimum Gasteiger partial charge on any atom is -0.304 e. The third kappa shape index (κ3) is 2.53. The fourth-order valence-corrected chi connectivity index (χ4v) is 3.54. The summed E-state index contributed by atoms with van der Waals surface area (Å²) >= 11 is 1.61. The first-order valence-corrected chi connectivity index (χ1v) is 7.36. The molecule has 0 amide bonds. The Balaban J connectivity index is 1.77. The van der Waals surface area contributed by atoms with Gasteiger partial charge in [0.2, 0.25) is 0 Å². The van der Waals surface area contributed by atoms with Crippen molar-refractivity contribution in [1.82, 2.24) is 15.1 Å². The van der Waals surface area contributed by atoms with E-state index in [0.717, 1.165) is 34.9 Å². The van der Waals surface area contributed by atoms with Crippen molar-refractivity contribution in [2.45, 2.75) is 23.9 Å². The van der Waals surface area contributed by atoms with Crippen LogP contribution in [-0.4, -0.2) is 15.5 Å². The second-order valence-corrected chi connectivity index (χ2v) is 5.78. The molecule has 1 aliphatic rings. The fourth-order valence-electron chi connectivity index (χ4n) is 2.40. The molecule has 2 heterocycles. The molecule has 0 fully saturated rings. The van der Waals surface area contributed by atoms with Gasteiger partial charge in [-0.3, -0.25) is 4.68 Å². The molecule has 1 aromatic carbocycles. The molecule has 3 nitrogen and oxygen atoms in total. The van der Waals surface area contributed by atoms with Gasteiger partial charge in [0, 0.05) is 30.7 Å². The SMILES string of the molecule is Cn1nccc1CNC1CCSc2c(F)cccc21. The zero-order valence-electron chi connectivity index (χ0n) is 10.8. The van der Waals surface area contributed by atoms with E-state index in [-0.39, 0.29) is 11.9 Å². The van der Waals surface area contributed by atoms with Gasteiger partial charge in [0.1, 0.15) is 5.82 Å². The first kappa shape index (κ1) is 12.7. The summed E-state index contributed by atoms with van der Waals surface area (Å²) < 4.78 is 15.6. The topological polar surface area (TPSA) is 29.9 Å². The van der Waals surface area contributed by atoms with Crippen molar-refractivity contribution in [3.8, 4) is 0 Å². The molecule has 1 aliphatic heterocycles. The molecule has 5 heteroatoms. The van der Waals surface area contributed by atoms with E-state index in [1.54, 1.807) is 24.0 Å². The molecule has 100 valence electrons. The summed E-state index contributed by atoms with van der Waals surface area (Å²) in [5.41, 5.74) is 2.22. The number of fused-ring (bicyclic) bond motifs is 1. The van der Waals surface area contributed by atoms with Gasteiger partial charge in [-0.1, -0.05) is 12.1 Å². The average Bonchev–Trinajstić information content (AvgIpc) is 2.82. The minimum atomic E-state index is -0.102. The van der Waals surface area contributed by atoms with Crippen LogP contribution in [0, 0.1) is 5.82 Å². The summed E-state index contributed by atoms with van der Waals surface area (Å²) in [6, 6.07) is 7.57. The largest absolute Gasteiger partial charge is 0.304 e. The van der Waals surface area contributed by atoms with Crippen molar-refractivity contribution in [3.63, 3.8) is 0 Å². The van der Waals surface area contributed by atoms with E-state index in [2.05, 4.69) is 10.4 Å².